The lowest BCUT2D eigenvalue weighted by Crippen LogP contribution is -2.25. The molecule has 2 aromatic rings. The maximum absolute atomic E-state index is 5.84. The van der Waals surface area contributed by atoms with Crippen molar-refractivity contribution in [2.24, 2.45) is 5.10 Å². The van der Waals surface area contributed by atoms with Gasteiger partial charge >= 0.3 is 0 Å². The number of halogens is 1. The van der Waals surface area contributed by atoms with Crippen molar-refractivity contribution in [2.45, 2.75) is 13.3 Å². The SMILES string of the molecule is COc1ccc(C/C(C)=N\NC(=S)Nc2ccc(Cl)cc2)cc1. The van der Waals surface area contributed by atoms with E-state index < -0.39 is 0 Å². The van der Waals surface area contributed by atoms with Gasteiger partial charge < -0.3 is 10.1 Å². The minimum atomic E-state index is 0.432. The zero-order valence-electron chi connectivity index (χ0n) is 13.0. The largest absolute Gasteiger partial charge is 0.497 e. The monoisotopic (exact) mass is 347 g/mol. The molecule has 2 rings (SSSR count). The summed E-state index contributed by atoms with van der Waals surface area (Å²) in [7, 11) is 1.65. The summed E-state index contributed by atoms with van der Waals surface area (Å²) in [5.74, 6) is 0.842. The zero-order chi connectivity index (χ0) is 16.7. The average Bonchev–Trinajstić information content (AvgIpc) is 2.56. The molecule has 0 heterocycles. The van der Waals surface area contributed by atoms with E-state index in [4.69, 9.17) is 28.6 Å². The summed E-state index contributed by atoms with van der Waals surface area (Å²) in [4.78, 5) is 0. The van der Waals surface area contributed by atoms with E-state index in [0.29, 0.717) is 10.1 Å². The van der Waals surface area contributed by atoms with E-state index in [1.165, 1.54) is 0 Å². The zero-order valence-corrected chi connectivity index (χ0v) is 14.5. The number of nitrogens with zero attached hydrogens (tertiary/aromatic N) is 1. The van der Waals surface area contributed by atoms with Gasteiger partial charge in [0.15, 0.2) is 5.11 Å². The van der Waals surface area contributed by atoms with Crippen molar-refractivity contribution in [3.63, 3.8) is 0 Å². The van der Waals surface area contributed by atoms with Crippen LogP contribution in [-0.2, 0) is 6.42 Å². The van der Waals surface area contributed by atoms with Gasteiger partial charge in [-0.2, -0.15) is 5.10 Å². The lowest BCUT2D eigenvalue weighted by atomic mass is 10.1. The maximum Gasteiger partial charge on any atom is 0.191 e. The summed E-state index contributed by atoms with van der Waals surface area (Å²) in [6.45, 7) is 1.95. The number of thiocarbonyl (C=S) groups is 1. The summed E-state index contributed by atoms with van der Waals surface area (Å²) in [5.41, 5.74) is 5.78. The Morgan fingerprint density at radius 2 is 1.78 bits per heavy atom. The minimum Gasteiger partial charge on any atom is -0.497 e. The van der Waals surface area contributed by atoms with Gasteiger partial charge in [0.25, 0.3) is 0 Å². The molecule has 0 unspecified atom stereocenters. The van der Waals surface area contributed by atoms with Crippen molar-refractivity contribution in [3.8, 4) is 5.75 Å². The molecule has 0 aromatic heterocycles. The second-order valence-electron chi connectivity index (χ2n) is 4.94. The van der Waals surface area contributed by atoms with Gasteiger partial charge in [-0.05, 0) is 61.1 Å². The van der Waals surface area contributed by atoms with Crippen molar-refractivity contribution in [2.75, 3.05) is 12.4 Å². The van der Waals surface area contributed by atoms with Crippen LogP contribution in [0.25, 0.3) is 0 Å². The summed E-state index contributed by atoms with van der Waals surface area (Å²) < 4.78 is 5.14. The van der Waals surface area contributed by atoms with Crippen LogP contribution in [0.15, 0.2) is 53.6 Å². The average molecular weight is 348 g/mol. The standard InChI is InChI=1S/C17H18ClN3OS/c1-12(11-13-3-9-16(22-2)10-4-13)20-21-17(23)19-15-7-5-14(18)6-8-15/h3-10H,11H2,1-2H3,(H2,19,21,23)/b20-12-. The van der Waals surface area contributed by atoms with Crippen LogP contribution in [0.4, 0.5) is 5.69 Å². The molecule has 0 saturated heterocycles. The number of hydrogen-bond acceptors (Lipinski definition) is 3. The van der Waals surface area contributed by atoms with Crippen molar-refractivity contribution >= 4 is 40.3 Å². The molecule has 2 N–H and O–H groups in total. The number of anilines is 1. The molecule has 0 spiro atoms. The molecular formula is C17H18ClN3OS. The van der Waals surface area contributed by atoms with E-state index in [1.54, 1.807) is 19.2 Å². The second kappa shape index (κ2) is 8.50. The van der Waals surface area contributed by atoms with Gasteiger partial charge in [0, 0.05) is 22.8 Å². The molecule has 0 fully saturated rings. The highest BCUT2D eigenvalue weighted by molar-refractivity contribution is 7.80. The Labute approximate surface area is 146 Å². The maximum atomic E-state index is 5.84. The van der Waals surface area contributed by atoms with Crippen LogP contribution in [0.3, 0.4) is 0 Å². The highest BCUT2D eigenvalue weighted by atomic mass is 35.5. The van der Waals surface area contributed by atoms with Gasteiger partial charge in [0.2, 0.25) is 0 Å². The molecule has 0 aliphatic carbocycles. The predicted octanol–water partition coefficient (Wildman–Crippen LogP) is 4.25. The van der Waals surface area contributed by atoms with Gasteiger partial charge in [-0.1, -0.05) is 23.7 Å². The Balaban J connectivity index is 1.85. The molecule has 23 heavy (non-hydrogen) atoms. The molecule has 0 aliphatic heterocycles. The van der Waals surface area contributed by atoms with E-state index in [9.17, 15) is 0 Å². The molecule has 0 amide bonds. The van der Waals surface area contributed by atoms with Crippen LogP contribution in [0.2, 0.25) is 5.02 Å². The molecule has 0 bridgehead atoms. The van der Waals surface area contributed by atoms with Crippen LogP contribution >= 0.6 is 23.8 Å². The van der Waals surface area contributed by atoms with E-state index in [1.807, 2.05) is 43.3 Å². The van der Waals surface area contributed by atoms with Gasteiger partial charge in [-0.25, -0.2) is 0 Å². The number of rotatable bonds is 5. The number of hydrazone groups is 1. The molecule has 0 atom stereocenters. The van der Waals surface area contributed by atoms with E-state index in [2.05, 4.69) is 15.8 Å². The Morgan fingerprint density at radius 3 is 2.39 bits per heavy atom. The third-order valence-electron chi connectivity index (χ3n) is 3.07. The fourth-order valence-corrected chi connectivity index (χ4v) is 2.21. The van der Waals surface area contributed by atoms with Crippen molar-refractivity contribution in [1.82, 2.24) is 5.43 Å². The molecular weight excluding hydrogens is 330 g/mol. The Kier molecular flexibility index (Phi) is 6.38. The Bertz CT molecular complexity index is 684. The summed E-state index contributed by atoms with van der Waals surface area (Å²) in [6, 6.07) is 15.2. The first kappa shape index (κ1) is 17.2. The highest BCUT2D eigenvalue weighted by Crippen LogP contribution is 2.13. The second-order valence-corrected chi connectivity index (χ2v) is 5.79. The number of nitrogens with one attached hydrogen (secondary N) is 2. The van der Waals surface area contributed by atoms with Gasteiger partial charge in [-0.15, -0.1) is 0 Å². The molecule has 2 aromatic carbocycles. The lowest BCUT2D eigenvalue weighted by molar-refractivity contribution is 0.414. The molecule has 0 aliphatic rings. The molecule has 4 nitrogen and oxygen atoms in total. The van der Waals surface area contributed by atoms with E-state index >= 15 is 0 Å². The van der Waals surface area contributed by atoms with Crippen LogP contribution in [0.5, 0.6) is 5.75 Å². The fourth-order valence-electron chi connectivity index (χ4n) is 1.92. The number of hydrogen-bond donors (Lipinski definition) is 2. The van der Waals surface area contributed by atoms with Crippen LogP contribution in [0.1, 0.15) is 12.5 Å². The van der Waals surface area contributed by atoms with Gasteiger partial charge in [-0.3, -0.25) is 5.43 Å². The highest BCUT2D eigenvalue weighted by Gasteiger charge is 1.99. The Hall–Kier alpha value is -2.11. The van der Waals surface area contributed by atoms with Crippen LogP contribution in [0, 0.1) is 0 Å². The van der Waals surface area contributed by atoms with Gasteiger partial charge in [0.05, 0.1) is 7.11 Å². The summed E-state index contributed by atoms with van der Waals surface area (Å²) in [6.07, 6.45) is 0.737. The molecule has 120 valence electrons. The Morgan fingerprint density at radius 1 is 1.13 bits per heavy atom. The fraction of sp³-hybridized carbons (Fsp3) is 0.176. The van der Waals surface area contributed by atoms with E-state index in [-0.39, 0.29) is 0 Å². The smallest absolute Gasteiger partial charge is 0.191 e. The minimum absolute atomic E-state index is 0.432. The van der Waals surface area contributed by atoms with Crippen molar-refractivity contribution < 1.29 is 4.74 Å². The van der Waals surface area contributed by atoms with E-state index in [0.717, 1.165) is 29.1 Å². The molecule has 6 heteroatoms. The lowest BCUT2D eigenvalue weighted by Gasteiger charge is -2.08. The first-order valence-electron chi connectivity index (χ1n) is 7.05. The van der Waals surface area contributed by atoms with Crippen LogP contribution in [-0.4, -0.2) is 17.9 Å². The van der Waals surface area contributed by atoms with Crippen molar-refractivity contribution in [3.05, 3.63) is 59.1 Å². The normalized spacial score (nSPS) is 11.0. The third kappa shape index (κ3) is 5.88. The first-order valence-corrected chi connectivity index (χ1v) is 7.84. The molecule has 0 saturated carbocycles. The first-order chi connectivity index (χ1) is 11.1. The van der Waals surface area contributed by atoms with Crippen LogP contribution < -0.4 is 15.5 Å². The number of ether oxygens (including phenoxy) is 1. The van der Waals surface area contributed by atoms with Gasteiger partial charge in [0.1, 0.15) is 5.75 Å². The quantitative estimate of drug-likeness (QED) is 0.482. The summed E-state index contributed by atoms with van der Waals surface area (Å²) >= 11 is 11.0. The number of benzene rings is 2. The van der Waals surface area contributed by atoms with Crippen molar-refractivity contribution in [1.29, 1.82) is 0 Å². The predicted molar refractivity (Wildman–Crippen MR) is 101 cm³/mol. The third-order valence-corrected chi connectivity index (χ3v) is 3.51. The molecule has 0 radical (unpaired) electrons. The topological polar surface area (TPSA) is 45.6 Å². The summed E-state index contributed by atoms with van der Waals surface area (Å²) in [5, 5.41) is 8.44. The number of methoxy groups -OCH3 is 1.